The average molecular weight is 308 g/mol. The van der Waals surface area contributed by atoms with Crippen LogP contribution in [0.25, 0.3) is 0 Å². The topological polar surface area (TPSA) is 63.4 Å². The Hall–Kier alpha value is -1.24. The van der Waals surface area contributed by atoms with Gasteiger partial charge in [-0.05, 0) is 32.4 Å². The molecule has 0 bridgehead atoms. The fraction of sp³-hybridized carbons (Fsp3) is 0.600. The van der Waals surface area contributed by atoms with Crippen molar-refractivity contribution in [2.45, 2.75) is 26.8 Å². The Labute approximate surface area is 131 Å². The van der Waals surface area contributed by atoms with E-state index in [4.69, 9.17) is 22.7 Å². The molecule has 2 rings (SSSR count). The zero-order valence-electron chi connectivity index (χ0n) is 13.0. The minimum Gasteiger partial charge on any atom is -0.389 e. The normalized spacial score (nSPS) is 17.5. The van der Waals surface area contributed by atoms with Crippen molar-refractivity contribution in [3.63, 3.8) is 0 Å². The molecule has 6 heteroatoms. The number of nitrogens with one attached hydrogen (secondary N) is 1. The molecule has 0 radical (unpaired) electrons. The zero-order chi connectivity index (χ0) is 15.4. The van der Waals surface area contributed by atoms with Gasteiger partial charge in [0.25, 0.3) is 0 Å². The van der Waals surface area contributed by atoms with Gasteiger partial charge >= 0.3 is 0 Å². The van der Waals surface area contributed by atoms with Gasteiger partial charge in [0.2, 0.25) is 0 Å². The SMILES string of the molecule is Cc1cc(C)c(C(N)=S)c(NC(C)CN2CCOCC2)n1. The maximum absolute atomic E-state index is 5.85. The molecule has 0 amide bonds. The monoisotopic (exact) mass is 308 g/mol. The number of ether oxygens (including phenoxy) is 1. The highest BCUT2D eigenvalue weighted by Crippen LogP contribution is 2.19. The van der Waals surface area contributed by atoms with Crippen molar-refractivity contribution < 1.29 is 4.74 Å². The molecule has 1 aromatic heterocycles. The smallest absolute Gasteiger partial charge is 0.137 e. The second-order valence-corrected chi connectivity index (χ2v) is 6.07. The van der Waals surface area contributed by atoms with Gasteiger partial charge in [0.15, 0.2) is 0 Å². The number of nitrogens with two attached hydrogens (primary N) is 1. The predicted molar refractivity (Wildman–Crippen MR) is 89.9 cm³/mol. The third-order valence-electron chi connectivity index (χ3n) is 3.61. The Kier molecular flexibility index (Phi) is 5.50. The highest BCUT2D eigenvalue weighted by Gasteiger charge is 2.17. The van der Waals surface area contributed by atoms with Crippen LogP contribution >= 0.6 is 12.2 Å². The molecule has 1 saturated heterocycles. The Morgan fingerprint density at radius 3 is 2.76 bits per heavy atom. The molecule has 2 heterocycles. The third kappa shape index (κ3) is 4.36. The number of nitrogens with zero attached hydrogens (tertiary/aromatic N) is 2. The van der Waals surface area contributed by atoms with E-state index >= 15 is 0 Å². The van der Waals surface area contributed by atoms with Crippen LogP contribution in [0, 0.1) is 13.8 Å². The molecule has 1 fully saturated rings. The van der Waals surface area contributed by atoms with Crippen molar-refractivity contribution in [3.8, 4) is 0 Å². The first-order valence-electron chi connectivity index (χ1n) is 7.32. The number of thiocarbonyl (C=S) groups is 1. The number of aromatic nitrogens is 1. The van der Waals surface area contributed by atoms with E-state index in [9.17, 15) is 0 Å². The second-order valence-electron chi connectivity index (χ2n) is 5.63. The molecule has 1 aromatic rings. The molecular weight excluding hydrogens is 284 g/mol. The van der Waals surface area contributed by atoms with Crippen LogP contribution < -0.4 is 11.1 Å². The number of pyridine rings is 1. The second kappa shape index (κ2) is 7.15. The van der Waals surface area contributed by atoms with Gasteiger partial charge in [0.05, 0.1) is 18.8 Å². The van der Waals surface area contributed by atoms with Gasteiger partial charge in [-0.25, -0.2) is 4.98 Å². The van der Waals surface area contributed by atoms with Crippen LogP contribution in [-0.2, 0) is 4.74 Å². The lowest BCUT2D eigenvalue weighted by atomic mass is 10.1. The zero-order valence-corrected chi connectivity index (χ0v) is 13.8. The molecule has 21 heavy (non-hydrogen) atoms. The fourth-order valence-corrected chi connectivity index (χ4v) is 2.96. The van der Waals surface area contributed by atoms with E-state index < -0.39 is 0 Å². The molecule has 0 aliphatic carbocycles. The van der Waals surface area contributed by atoms with E-state index in [-0.39, 0.29) is 6.04 Å². The highest BCUT2D eigenvalue weighted by molar-refractivity contribution is 7.80. The summed E-state index contributed by atoms with van der Waals surface area (Å²) in [5.41, 5.74) is 8.73. The summed E-state index contributed by atoms with van der Waals surface area (Å²) in [5.74, 6) is 0.792. The third-order valence-corrected chi connectivity index (χ3v) is 3.81. The van der Waals surface area contributed by atoms with Crippen LogP contribution in [0.15, 0.2) is 6.07 Å². The molecule has 5 nitrogen and oxygen atoms in total. The molecule has 116 valence electrons. The van der Waals surface area contributed by atoms with Gasteiger partial charge in [-0.1, -0.05) is 12.2 Å². The average Bonchev–Trinajstić information content (AvgIpc) is 2.38. The number of aryl methyl sites for hydroxylation is 2. The van der Waals surface area contributed by atoms with E-state index in [0.29, 0.717) is 4.99 Å². The van der Waals surface area contributed by atoms with Gasteiger partial charge in [0.1, 0.15) is 10.8 Å². The summed E-state index contributed by atoms with van der Waals surface area (Å²) in [6, 6.07) is 2.27. The van der Waals surface area contributed by atoms with Crippen molar-refractivity contribution in [1.82, 2.24) is 9.88 Å². The lowest BCUT2D eigenvalue weighted by Crippen LogP contribution is -2.42. The van der Waals surface area contributed by atoms with Crippen molar-refractivity contribution in [3.05, 3.63) is 22.9 Å². The summed E-state index contributed by atoms with van der Waals surface area (Å²) in [5, 5.41) is 3.46. The molecular formula is C15H24N4OS. The summed E-state index contributed by atoms with van der Waals surface area (Å²) in [6.45, 7) is 10.7. The van der Waals surface area contributed by atoms with Gasteiger partial charge < -0.3 is 15.8 Å². The highest BCUT2D eigenvalue weighted by atomic mass is 32.1. The maximum atomic E-state index is 5.85. The molecule has 0 spiro atoms. The summed E-state index contributed by atoms with van der Waals surface area (Å²) in [7, 11) is 0. The molecule has 1 aliphatic rings. The van der Waals surface area contributed by atoms with Gasteiger partial charge in [-0.15, -0.1) is 0 Å². The van der Waals surface area contributed by atoms with E-state index in [0.717, 1.165) is 55.5 Å². The van der Waals surface area contributed by atoms with Crippen LogP contribution in [-0.4, -0.2) is 53.8 Å². The van der Waals surface area contributed by atoms with E-state index in [1.807, 2.05) is 19.9 Å². The maximum Gasteiger partial charge on any atom is 0.137 e. The van der Waals surface area contributed by atoms with Crippen molar-refractivity contribution in [1.29, 1.82) is 0 Å². The standard InChI is InChI=1S/C15H24N4OS/c1-10-8-11(2)17-15(13(10)14(16)21)18-12(3)9-19-4-6-20-7-5-19/h8,12H,4-7,9H2,1-3H3,(H2,16,21)(H,17,18). The number of hydrogen-bond acceptors (Lipinski definition) is 5. The fourth-order valence-electron chi connectivity index (χ4n) is 2.70. The minimum atomic E-state index is 0.268. The van der Waals surface area contributed by atoms with E-state index in [1.165, 1.54) is 0 Å². The summed E-state index contributed by atoms with van der Waals surface area (Å²) in [4.78, 5) is 7.35. The quantitative estimate of drug-likeness (QED) is 0.803. The van der Waals surface area contributed by atoms with Crippen molar-refractivity contribution >= 4 is 23.0 Å². The summed E-state index contributed by atoms with van der Waals surface area (Å²) < 4.78 is 5.37. The number of hydrogen-bond donors (Lipinski definition) is 2. The minimum absolute atomic E-state index is 0.268. The first-order valence-corrected chi connectivity index (χ1v) is 7.73. The van der Waals surface area contributed by atoms with Crippen LogP contribution in [0.1, 0.15) is 23.7 Å². The van der Waals surface area contributed by atoms with Crippen LogP contribution in [0.4, 0.5) is 5.82 Å². The van der Waals surface area contributed by atoms with E-state index in [2.05, 4.69) is 22.1 Å². The number of anilines is 1. The largest absolute Gasteiger partial charge is 0.389 e. The molecule has 1 atom stereocenters. The Morgan fingerprint density at radius 2 is 2.14 bits per heavy atom. The Bertz CT molecular complexity index is 515. The number of rotatable bonds is 5. The summed E-state index contributed by atoms with van der Waals surface area (Å²) >= 11 is 5.17. The molecule has 1 unspecified atom stereocenters. The Morgan fingerprint density at radius 1 is 1.48 bits per heavy atom. The number of morpholine rings is 1. The van der Waals surface area contributed by atoms with Crippen LogP contribution in [0.3, 0.4) is 0 Å². The van der Waals surface area contributed by atoms with Crippen LogP contribution in [0.5, 0.6) is 0 Å². The lowest BCUT2D eigenvalue weighted by molar-refractivity contribution is 0.0368. The Balaban J connectivity index is 2.08. The lowest BCUT2D eigenvalue weighted by Gasteiger charge is -2.30. The van der Waals surface area contributed by atoms with Gasteiger partial charge in [-0.2, -0.15) is 0 Å². The van der Waals surface area contributed by atoms with Gasteiger partial charge in [0, 0.05) is 31.4 Å². The van der Waals surface area contributed by atoms with Gasteiger partial charge in [-0.3, -0.25) is 4.90 Å². The molecule has 0 aromatic carbocycles. The predicted octanol–water partition coefficient (Wildman–Crippen LogP) is 1.47. The van der Waals surface area contributed by atoms with Crippen molar-refractivity contribution in [2.75, 3.05) is 38.2 Å². The molecule has 3 N–H and O–H groups in total. The molecule has 1 aliphatic heterocycles. The van der Waals surface area contributed by atoms with Crippen LogP contribution in [0.2, 0.25) is 0 Å². The van der Waals surface area contributed by atoms with E-state index in [1.54, 1.807) is 0 Å². The molecule has 0 saturated carbocycles. The first kappa shape index (κ1) is 16.1. The summed E-state index contributed by atoms with van der Waals surface area (Å²) in [6.07, 6.45) is 0. The van der Waals surface area contributed by atoms with Crippen molar-refractivity contribution in [2.24, 2.45) is 5.73 Å². The first-order chi connectivity index (χ1) is 9.97.